The van der Waals surface area contributed by atoms with Gasteiger partial charge in [-0.3, -0.25) is 9.53 Å². The molecule has 0 radical (unpaired) electrons. The number of aromatic nitrogens is 2. The van der Waals surface area contributed by atoms with Crippen molar-refractivity contribution in [3.05, 3.63) is 71.5 Å². The van der Waals surface area contributed by atoms with Crippen molar-refractivity contribution in [3.8, 4) is 11.3 Å². The van der Waals surface area contributed by atoms with E-state index in [0.29, 0.717) is 29.4 Å². The van der Waals surface area contributed by atoms with Crippen LogP contribution in [0.15, 0.2) is 59.6 Å². The Morgan fingerprint density at radius 1 is 1.17 bits per heavy atom. The molecule has 0 saturated heterocycles. The molecule has 0 spiro atoms. The molecular formula is C21H25N5O2S. The molecule has 152 valence electrons. The fourth-order valence-electron chi connectivity index (χ4n) is 2.99. The number of hydrogen-bond donors (Lipinski definition) is 3. The van der Waals surface area contributed by atoms with Crippen LogP contribution in [0.4, 0.5) is 5.82 Å². The minimum Gasteiger partial charge on any atom is -0.382 e. The van der Waals surface area contributed by atoms with E-state index in [1.807, 2.05) is 48.5 Å². The smallest absolute Gasteiger partial charge is 0.155 e. The Morgan fingerprint density at radius 2 is 1.93 bits per heavy atom. The molecule has 29 heavy (non-hydrogen) atoms. The molecule has 1 aromatic heterocycles. The standard InChI is InChI=1S/C21H25N5O2S/c1-24-21(28-13-15-7-5-6-14(10-15)11-22)19-20(23)25-12-17(26-19)16-8-3-4-9-18(16)29(2)27/h3-10,12,21,24H,11,13,22H2,1-2H3,(H2,23,25). The van der Waals surface area contributed by atoms with Crippen molar-refractivity contribution in [1.82, 2.24) is 15.3 Å². The van der Waals surface area contributed by atoms with Crippen LogP contribution in [0.2, 0.25) is 0 Å². The first kappa shape index (κ1) is 21.1. The van der Waals surface area contributed by atoms with E-state index in [-0.39, 0.29) is 5.82 Å². The Morgan fingerprint density at radius 3 is 2.66 bits per heavy atom. The lowest BCUT2D eigenvalue weighted by Gasteiger charge is -2.19. The summed E-state index contributed by atoms with van der Waals surface area (Å²) < 4.78 is 18.1. The molecule has 7 nitrogen and oxygen atoms in total. The van der Waals surface area contributed by atoms with Gasteiger partial charge in [-0.25, -0.2) is 9.97 Å². The molecule has 0 aliphatic heterocycles. The number of nitrogens with zero attached hydrogens (tertiary/aromatic N) is 2. The molecule has 8 heteroatoms. The number of nitrogen functional groups attached to an aromatic ring is 1. The molecule has 0 saturated carbocycles. The minimum absolute atomic E-state index is 0.277. The zero-order valence-electron chi connectivity index (χ0n) is 16.5. The first-order chi connectivity index (χ1) is 14.0. The number of hydrogen-bond acceptors (Lipinski definition) is 7. The Hall–Kier alpha value is -2.65. The van der Waals surface area contributed by atoms with Crippen LogP contribution in [-0.4, -0.2) is 27.5 Å². The molecule has 0 fully saturated rings. The van der Waals surface area contributed by atoms with Gasteiger partial charge in [-0.2, -0.15) is 0 Å². The fraction of sp³-hybridized carbons (Fsp3) is 0.238. The highest BCUT2D eigenvalue weighted by Crippen LogP contribution is 2.27. The molecule has 2 aromatic carbocycles. The largest absolute Gasteiger partial charge is 0.382 e. The van der Waals surface area contributed by atoms with Crippen molar-refractivity contribution in [2.24, 2.45) is 5.73 Å². The average molecular weight is 412 g/mol. The average Bonchev–Trinajstić information content (AvgIpc) is 2.75. The number of anilines is 1. The van der Waals surface area contributed by atoms with Crippen LogP contribution in [0, 0.1) is 0 Å². The first-order valence-electron chi connectivity index (χ1n) is 9.15. The van der Waals surface area contributed by atoms with Crippen LogP contribution >= 0.6 is 0 Å². The highest BCUT2D eigenvalue weighted by atomic mass is 32.2. The minimum atomic E-state index is -1.15. The van der Waals surface area contributed by atoms with Crippen molar-refractivity contribution in [3.63, 3.8) is 0 Å². The molecule has 0 aliphatic rings. The number of benzene rings is 2. The third-order valence-corrected chi connectivity index (χ3v) is 5.43. The molecular weight excluding hydrogens is 386 g/mol. The monoisotopic (exact) mass is 411 g/mol. The number of nitrogens with two attached hydrogens (primary N) is 2. The lowest BCUT2D eigenvalue weighted by atomic mass is 10.1. The second-order valence-corrected chi connectivity index (χ2v) is 7.83. The van der Waals surface area contributed by atoms with Crippen molar-refractivity contribution in [1.29, 1.82) is 0 Å². The van der Waals surface area contributed by atoms with E-state index < -0.39 is 17.0 Å². The summed E-state index contributed by atoms with van der Waals surface area (Å²) in [6.45, 7) is 0.836. The van der Waals surface area contributed by atoms with E-state index in [2.05, 4.69) is 15.3 Å². The number of nitrogens with one attached hydrogen (secondary N) is 1. The topological polar surface area (TPSA) is 116 Å². The van der Waals surface area contributed by atoms with Gasteiger partial charge in [-0.15, -0.1) is 0 Å². The van der Waals surface area contributed by atoms with Gasteiger partial charge in [-0.05, 0) is 24.2 Å². The fourth-order valence-corrected chi connectivity index (χ4v) is 3.74. The van der Waals surface area contributed by atoms with Gasteiger partial charge >= 0.3 is 0 Å². The zero-order valence-corrected chi connectivity index (χ0v) is 17.3. The third-order valence-electron chi connectivity index (χ3n) is 4.46. The van der Waals surface area contributed by atoms with Crippen LogP contribution in [0.3, 0.4) is 0 Å². The zero-order chi connectivity index (χ0) is 20.8. The Labute approximate surface area is 173 Å². The molecule has 2 unspecified atom stereocenters. The summed E-state index contributed by atoms with van der Waals surface area (Å²) in [5.41, 5.74) is 15.7. The summed E-state index contributed by atoms with van der Waals surface area (Å²) >= 11 is 0. The SMILES string of the molecule is CNC(OCc1cccc(CN)c1)c1nc(-c2ccccc2S(C)=O)cnc1N. The maximum absolute atomic E-state index is 12.1. The normalized spacial score (nSPS) is 13.2. The summed E-state index contributed by atoms with van der Waals surface area (Å²) in [4.78, 5) is 9.65. The highest BCUT2D eigenvalue weighted by Gasteiger charge is 2.19. The van der Waals surface area contributed by atoms with Crippen molar-refractivity contribution in [2.45, 2.75) is 24.3 Å². The van der Waals surface area contributed by atoms with E-state index in [1.165, 1.54) is 0 Å². The van der Waals surface area contributed by atoms with Crippen LogP contribution in [-0.2, 0) is 28.7 Å². The predicted molar refractivity (Wildman–Crippen MR) is 115 cm³/mol. The van der Waals surface area contributed by atoms with Crippen LogP contribution in [0.5, 0.6) is 0 Å². The second-order valence-electron chi connectivity index (χ2n) is 6.48. The van der Waals surface area contributed by atoms with Gasteiger partial charge < -0.3 is 16.2 Å². The Kier molecular flexibility index (Phi) is 7.05. The maximum Gasteiger partial charge on any atom is 0.155 e. The molecule has 0 amide bonds. The van der Waals surface area contributed by atoms with E-state index >= 15 is 0 Å². The first-order valence-corrected chi connectivity index (χ1v) is 10.7. The van der Waals surface area contributed by atoms with Gasteiger partial charge in [-0.1, -0.05) is 42.5 Å². The summed E-state index contributed by atoms with van der Waals surface area (Å²) in [5, 5.41) is 3.08. The van der Waals surface area contributed by atoms with Gasteiger partial charge in [0.05, 0.1) is 29.3 Å². The van der Waals surface area contributed by atoms with E-state index in [4.69, 9.17) is 16.2 Å². The van der Waals surface area contributed by atoms with Crippen molar-refractivity contribution < 1.29 is 8.95 Å². The summed E-state index contributed by atoms with van der Waals surface area (Å²) in [5.74, 6) is 0.277. The second kappa shape index (κ2) is 9.71. The lowest BCUT2D eigenvalue weighted by molar-refractivity contribution is 0.0190. The molecule has 0 bridgehead atoms. The molecule has 5 N–H and O–H groups in total. The van der Waals surface area contributed by atoms with Gasteiger partial charge in [0, 0.05) is 23.3 Å². The van der Waals surface area contributed by atoms with Gasteiger partial charge in [0.1, 0.15) is 11.5 Å². The summed E-state index contributed by atoms with van der Waals surface area (Å²) in [6.07, 6.45) is 2.67. The van der Waals surface area contributed by atoms with Crippen LogP contribution in [0.1, 0.15) is 23.0 Å². The van der Waals surface area contributed by atoms with Gasteiger partial charge in [0.15, 0.2) is 6.23 Å². The molecule has 3 aromatic rings. The van der Waals surface area contributed by atoms with Crippen molar-refractivity contribution >= 4 is 16.6 Å². The number of rotatable bonds is 8. The van der Waals surface area contributed by atoms with E-state index in [9.17, 15) is 4.21 Å². The van der Waals surface area contributed by atoms with Crippen LogP contribution < -0.4 is 16.8 Å². The van der Waals surface area contributed by atoms with E-state index in [0.717, 1.165) is 16.7 Å². The third kappa shape index (κ3) is 5.04. The van der Waals surface area contributed by atoms with Gasteiger partial charge in [0.25, 0.3) is 0 Å². The highest BCUT2D eigenvalue weighted by molar-refractivity contribution is 7.84. The lowest BCUT2D eigenvalue weighted by Crippen LogP contribution is -2.23. The molecule has 3 rings (SSSR count). The molecule has 0 aliphatic carbocycles. The summed E-state index contributed by atoms with van der Waals surface area (Å²) in [7, 11) is 0.614. The Bertz CT molecular complexity index is 1010. The maximum atomic E-state index is 12.1. The Balaban J connectivity index is 1.88. The van der Waals surface area contributed by atoms with E-state index in [1.54, 1.807) is 19.5 Å². The van der Waals surface area contributed by atoms with Crippen molar-refractivity contribution in [2.75, 3.05) is 19.0 Å². The quantitative estimate of drug-likeness (QED) is 0.487. The molecule has 1 heterocycles. The molecule has 2 atom stereocenters. The van der Waals surface area contributed by atoms with Gasteiger partial charge in [0.2, 0.25) is 0 Å². The van der Waals surface area contributed by atoms with Crippen LogP contribution in [0.25, 0.3) is 11.3 Å². The summed E-state index contributed by atoms with van der Waals surface area (Å²) in [6, 6.07) is 15.3. The number of ether oxygens (including phenoxy) is 1. The predicted octanol–water partition coefficient (Wildman–Crippen LogP) is 2.36.